The van der Waals surface area contributed by atoms with Crippen LogP contribution < -0.4 is 0 Å². The van der Waals surface area contributed by atoms with Gasteiger partial charge in [0.15, 0.2) is 0 Å². The molecule has 116 valence electrons. The Morgan fingerprint density at radius 3 is 2.29 bits per heavy atom. The summed E-state index contributed by atoms with van der Waals surface area (Å²) in [5.74, 6) is -0.357. The molecule has 0 amide bonds. The zero-order chi connectivity index (χ0) is 16.3. The van der Waals surface area contributed by atoms with Crippen LogP contribution in [-0.2, 0) is 16.1 Å². The zero-order valence-corrected chi connectivity index (χ0v) is 13.4. The summed E-state index contributed by atoms with van der Waals surface area (Å²) < 4.78 is 10.1. The van der Waals surface area contributed by atoms with Crippen LogP contribution in [-0.4, -0.2) is 44.7 Å². The molecule has 0 bridgehead atoms. The molecule has 0 N–H and O–H groups in total. The molecule has 0 radical (unpaired) electrons. The van der Waals surface area contributed by atoms with Gasteiger partial charge in [-0.3, -0.25) is 4.90 Å². The number of esters is 1. The molecule has 0 aromatic heterocycles. The summed E-state index contributed by atoms with van der Waals surface area (Å²) in [7, 11) is 5.02. The Labute approximate surface area is 127 Å². The first kappa shape index (κ1) is 19.1. The molecule has 21 heavy (non-hydrogen) atoms. The van der Waals surface area contributed by atoms with E-state index in [2.05, 4.69) is 10.8 Å². The highest BCUT2D eigenvalue weighted by Gasteiger charge is 2.10. The Balaban J connectivity index is 0.00000191. The van der Waals surface area contributed by atoms with Crippen molar-refractivity contribution in [3.05, 3.63) is 35.4 Å². The van der Waals surface area contributed by atoms with Gasteiger partial charge in [-0.1, -0.05) is 26.0 Å². The third-order valence-corrected chi connectivity index (χ3v) is 2.69. The highest BCUT2D eigenvalue weighted by Crippen LogP contribution is 2.07. The van der Waals surface area contributed by atoms with Crippen LogP contribution in [0.2, 0.25) is 0 Å². The van der Waals surface area contributed by atoms with Gasteiger partial charge in [-0.25, -0.2) is 4.79 Å². The number of carbonyl (C=O) groups is 1. The second kappa shape index (κ2) is 10.8. The largest absolute Gasteiger partial charge is 0.465 e. The maximum atomic E-state index is 11.2. The van der Waals surface area contributed by atoms with Crippen molar-refractivity contribution in [3.63, 3.8) is 0 Å². The Morgan fingerprint density at radius 2 is 1.86 bits per heavy atom. The molecule has 0 spiro atoms. The van der Waals surface area contributed by atoms with Crippen molar-refractivity contribution in [2.45, 2.75) is 26.5 Å². The summed E-state index contributed by atoms with van der Waals surface area (Å²) in [6.45, 7) is 4.76. The van der Waals surface area contributed by atoms with Gasteiger partial charge >= 0.3 is 5.97 Å². The number of likely N-dealkylation sites (N-methyl/N-ethyl adjacent to an activating group) is 1. The molecule has 0 fully saturated rings. The SMILES string of the molecule is CC.COC(=O)c1ccc(COCC(C#N)N(C)C)cc1. The van der Waals surface area contributed by atoms with E-state index in [-0.39, 0.29) is 12.0 Å². The molecule has 5 nitrogen and oxygen atoms in total. The van der Waals surface area contributed by atoms with Crippen LogP contribution in [0.25, 0.3) is 0 Å². The van der Waals surface area contributed by atoms with Gasteiger partial charge in [0, 0.05) is 0 Å². The third kappa shape index (κ3) is 6.89. The normalized spacial score (nSPS) is 11.1. The quantitative estimate of drug-likeness (QED) is 0.754. The minimum Gasteiger partial charge on any atom is -0.465 e. The first-order valence-electron chi connectivity index (χ1n) is 6.89. The topological polar surface area (TPSA) is 62.6 Å². The van der Waals surface area contributed by atoms with Crippen molar-refractivity contribution in [3.8, 4) is 6.07 Å². The lowest BCUT2D eigenvalue weighted by molar-refractivity contribution is 0.0600. The van der Waals surface area contributed by atoms with E-state index < -0.39 is 0 Å². The number of hydrogen-bond donors (Lipinski definition) is 0. The van der Waals surface area contributed by atoms with E-state index in [1.54, 1.807) is 17.0 Å². The highest BCUT2D eigenvalue weighted by atomic mass is 16.5. The molecule has 0 saturated carbocycles. The average molecular weight is 292 g/mol. The van der Waals surface area contributed by atoms with E-state index in [1.807, 2.05) is 40.1 Å². The fourth-order valence-electron chi connectivity index (χ4n) is 1.45. The van der Waals surface area contributed by atoms with Crippen molar-refractivity contribution in [2.75, 3.05) is 27.8 Å². The van der Waals surface area contributed by atoms with Crippen LogP contribution in [0.1, 0.15) is 29.8 Å². The highest BCUT2D eigenvalue weighted by molar-refractivity contribution is 5.89. The van der Waals surface area contributed by atoms with Crippen molar-refractivity contribution in [2.24, 2.45) is 0 Å². The van der Waals surface area contributed by atoms with Crippen molar-refractivity contribution in [1.82, 2.24) is 4.90 Å². The number of hydrogen-bond acceptors (Lipinski definition) is 5. The summed E-state index contributed by atoms with van der Waals surface area (Å²) in [5, 5.41) is 8.90. The molecular weight excluding hydrogens is 268 g/mol. The molecular formula is C16H24N2O3. The molecule has 0 saturated heterocycles. The Hall–Kier alpha value is -1.90. The molecule has 0 aliphatic rings. The van der Waals surface area contributed by atoms with Gasteiger partial charge in [-0.2, -0.15) is 5.26 Å². The maximum Gasteiger partial charge on any atom is 0.337 e. The lowest BCUT2D eigenvalue weighted by atomic mass is 10.1. The van der Waals surface area contributed by atoms with Crippen molar-refractivity contribution < 1.29 is 14.3 Å². The fraction of sp³-hybridized carbons (Fsp3) is 0.500. The molecule has 1 aromatic rings. The molecule has 0 aliphatic carbocycles. The van der Waals surface area contributed by atoms with Crippen molar-refractivity contribution >= 4 is 5.97 Å². The second-order valence-electron chi connectivity index (χ2n) is 4.31. The molecule has 1 unspecified atom stereocenters. The number of nitrogens with zero attached hydrogens (tertiary/aromatic N) is 2. The van der Waals surface area contributed by atoms with Gasteiger partial charge in [-0.15, -0.1) is 0 Å². The lowest BCUT2D eigenvalue weighted by Gasteiger charge is -2.16. The van der Waals surface area contributed by atoms with Gasteiger partial charge in [0.05, 0.1) is 32.0 Å². The number of ether oxygens (including phenoxy) is 2. The summed E-state index contributed by atoms with van der Waals surface area (Å²) in [5.41, 5.74) is 1.46. The Bertz CT molecular complexity index is 450. The lowest BCUT2D eigenvalue weighted by Crippen LogP contribution is -2.30. The van der Waals surface area contributed by atoms with Crippen LogP contribution in [0.4, 0.5) is 0 Å². The molecule has 1 rings (SSSR count). The van der Waals surface area contributed by atoms with Gasteiger partial charge in [0.1, 0.15) is 6.04 Å². The van der Waals surface area contributed by atoms with Gasteiger partial charge in [-0.05, 0) is 31.8 Å². The number of methoxy groups -OCH3 is 1. The molecule has 1 atom stereocenters. The van der Waals surface area contributed by atoms with E-state index in [0.717, 1.165) is 5.56 Å². The summed E-state index contributed by atoms with van der Waals surface area (Å²) in [4.78, 5) is 13.1. The number of rotatable bonds is 6. The molecule has 0 aliphatic heterocycles. The second-order valence-corrected chi connectivity index (χ2v) is 4.31. The van der Waals surface area contributed by atoms with Gasteiger partial charge in [0.25, 0.3) is 0 Å². The maximum absolute atomic E-state index is 11.2. The Kier molecular flexibility index (Phi) is 9.86. The van der Waals surface area contributed by atoms with E-state index >= 15 is 0 Å². The van der Waals surface area contributed by atoms with Gasteiger partial charge in [0.2, 0.25) is 0 Å². The minimum atomic E-state index is -0.357. The van der Waals surface area contributed by atoms with Crippen LogP contribution >= 0.6 is 0 Å². The van der Waals surface area contributed by atoms with E-state index in [9.17, 15) is 4.79 Å². The van der Waals surface area contributed by atoms with Crippen LogP contribution in [0.3, 0.4) is 0 Å². The minimum absolute atomic E-state index is 0.255. The molecule has 0 heterocycles. The van der Waals surface area contributed by atoms with Crippen LogP contribution in [0.15, 0.2) is 24.3 Å². The number of nitriles is 1. The molecule has 5 heteroatoms. The third-order valence-electron chi connectivity index (χ3n) is 2.69. The first-order valence-corrected chi connectivity index (χ1v) is 6.89. The Morgan fingerprint density at radius 1 is 1.29 bits per heavy atom. The number of carbonyl (C=O) groups excluding carboxylic acids is 1. The summed E-state index contributed by atoms with van der Waals surface area (Å²) in [6.07, 6.45) is 0. The van der Waals surface area contributed by atoms with E-state index in [1.165, 1.54) is 7.11 Å². The monoisotopic (exact) mass is 292 g/mol. The standard InChI is InChI=1S/C14H18N2O3.C2H6/c1-16(2)13(8-15)10-19-9-11-4-6-12(7-5-11)14(17)18-3;1-2/h4-7,13H,9-10H2,1-3H3;1-2H3. The predicted octanol–water partition coefficient (Wildman–Crippen LogP) is 2.47. The number of benzene rings is 1. The summed E-state index contributed by atoms with van der Waals surface area (Å²) >= 11 is 0. The predicted molar refractivity (Wildman–Crippen MR) is 81.9 cm³/mol. The van der Waals surface area contributed by atoms with Crippen LogP contribution in [0, 0.1) is 11.3 Å². The fourth-order valence-corrected chi connectivity index (χ4v) is 1.45. The molecule has 1 aromatic carbocycles. The van der Waals surface area contributed by atoms with Crippen molar-refractivity contribution in [1.29, 1.82) is 5.26 Å². The first-order chi connectivity index (χ1) is 10.1. The van der Waals surface area contributed by atoms with E-state index in [4.69, 9.17) is 10.00 Å². The average Bonchev–Trinajstić information content (AvgIpc) is 2.53. The summed E-state index contributed by atoms with van der Waals surface area (Å²) in [6, 6.07) is 8.91. The smallest absolute Gasteiger partial charge is 0.337 e. The van der Waals surface area contributed by atoms with Gasteiger partial charge < -0.3 is 9.47 Å². The van der Waals surface area contributed by atoms with E-state index in [0.29, 0.717) is 18.8 Å². The zero-order valence-electron chi connectivity index (χ0n) is 13.4. The van der Waals surface area contributed by atoms with Crippen LogP contribution in [0.5, 0.6) is 0 Å².